The van der Waals surface area contributed by atoms with Gasteiger partial charge in [-0.25, -0.2) is 21.5 Å². The summed E-state index contributed by atoms with van der Waals surface area (Å²) in [6, 6.07) is 8.83. The molecule has 2 aromatic carbocycles. The smallest absolute Gasteiger partial charge is 0.318 e. The van der Waals surface area contributed by atoms with Gasteiger partial charge in [-0.05, 0) is 67.8 Å². The molecule has 4 aliphatic rings. The standard InChI is InChI=1S/C38H49F2N9O4S/c1-4-30-32(40)8-7-25-15-29(50)17-34(35(25)30)46-14-9-31-33(22-46)42-37(53-23-38-10-5-12-48(38)20-26(39)18-38)43-36(31)47-11-6-13-49-28(21-47)16-27(44-49)19-41-24-54(51,52)45(2)3/h7-8,15-17,26,41,50H,4-6,9-14,18-24H2,1-3H3/t26-,38+/m1/s1. The molecule has 0 amide bonds. The molecular formula is C38H49F2N9O4S. The molecule has 2 N–H and O–H groups in total. The van der Waals surface area contributed by atoms with Gasteiger partial charge < -0.3 is 19.6 Å². The highest BCUT2D eigenvalue weighted by molar-refractivity contribution is 7.89. The number of sulfonamides is 1. The molecule has 4 aliphatic heterocycles. The van der Waals surface area contributed by atoms with E-state index in [2.05, 4.69) is 20.0 Å². The first-order chi connectivity index (χ1) is 25.9. The molecule has 0 aliphatic carbocycles. The predicted molar refractivity (Wildman–Crippen MR) is 202 cm³/mol. The van der Waals surface area contributed by atoms with Crippen molar-refractivity contribution < 1.29 is 27.0 Å². The lowest BCUT2D eigenvalue weighted by Gasteiger charge is -2.35. The summed E-state index contributed by atoms with van der Waals surface area (Å²) in [6.45, 7) is 6.82. The molecule has 0 radical (unpaired) electrons. The van der Waals surface area contributed by atoms with E-state index < -0.39 is 16.2 Å². The zero-order valence-corrected chi connectivity index (χ0v) is 32.0. The predicted octanol–water partition coefficient (Wildman–Crippen LogP) is 4.10. The van der Waals surface area contributed by atoms with Crippen LogP contribution < -0.4 is 19.9 Å². The van der Waals surface area contributed by atoms with E-state index in [0.29, 0.717) is 70.7 Å². The second-order valence-electron chi connectivity index (χ2n) is 15.3. The molecule has 2 aromatic heterocycles. The second-order valence-corrected chi connectivity index (χ2v) is 17.5. The van der Waals surface area contributed by atoms with Crippen LogP contribution in [-0.2, 0) is 49.0 Å². The van der Waals surface area contributed by atoms with Crippen molar-refractivity contribution in [2.75, 3.05) is 62.6 Å². The number of hydrogen-bond donors (Lipinski definition) is 2. The van der Waals surface area contributed by atoms with Crippen molar-refractivity contribution in [1.29, 1.82) is 0 Å². The third-order valence-corrected chi connectivity index (χ3v) is 13.3. The van der Waals surface area contributed by atoms with Crippen LogP contribution in [0.4, 0.5) is 20.3 Å². The number of nitrogens with zero attached hydrogens (tertiary/aromatic N) is 8. The Kier molecular flexibility index (Phi) is 9.90. The number of anilines is 2. The van der Waals surface area contributed by atoms with Crippen LogP contribution in [0.15, 0.2) is 30.3 Å². The molecule has 6 heterocycles. The van der Waals surface area contributed by atoms with E-state index >= 15 is 4.39 Å². The van der Waals surface area contributed by atoms with Crippen molar-refractivity contribution in [2.24, 2.45) is 0 Å². The summed E-state index contributed by atoms with van der Waals surface area (Å²) >= 11 is 0. The fourth-order valence-electron chi connectivity index (χ4n) is 8.87. The van der Waals surface area contributed by atoms with Gasteiger partial charge in [0.1, 0.15) is 36.0 Å². The number of phenols is 1. The average molecular weight is 766 g/mol. The Bertz CT molecular complexity index is 2170. The lowest BCUT2D eigenvalue weighted by Crippen LogP contribution is -2.43. The summed E-state index contributed by atoms with van der Waals surface area (Å²) in [5, 5.41) is 20.1. The molecule has 54 heavy (non-hydrogen) atoms. The number of aryl methyl sites for hydroxylation is 2. The summed E-state index contributed by atoms with van der Waals surface area (Å²) < 4.78 is 64.0. The number of hydrogen-bond acceptors (Lipinski definition) is 11. The Balaban J connectivity index is 1.12. The molecule has 2 saturated heterocycles. The van der Waals surface area contributed by atoms with Crippen LogP contribution in [0.25, 0.3) is 10.8 Å². The maximum Gasteiger partial charge on any atom is 0.318 e. The van der Waals surface area contributed by atoms with E-state index in [-0.39, 0.29) is 29.0 Å². The highest BCUT2D eigenvalue weighted by atomic mass is 32.2. The van der Waals surface area contributed by atoms with Gasteiger partial charge in [0, 0.05) is 75.9 Å². The molecule has 0 bridgehead atoms. The van der Waals surface area contributed by atoms with Crippen LogP contribution in [0, 0.1) is 5.82 Å². The van der Waals surface area contributed by atoms with Crippen molar-refractivity contribution in [2.45, 2.75) is 83.3 Å². The minimum atomic E-state index is -3.39. The summed E-state index contributed by atoms with van der Waals surface area (Å²) in [7, 11) is -0.367. The second kappa shape index (κ2) is 14.5. The molecule has 2 atom stereocenters. The maximum absolute atomic E-state index is 15.1. The van der Waals surface area contributed by atoms with Gasteiger partial charge in [0.05, 0.1) is 35.7 Å². The van der Waals surface area contributed by atoms with Gasteiger partial charge >= 0.3 is 6.01 Å². The van der Waals surface area contributed by atoms with E-state index in [1.807, 2.05) is 17.7 Å². The summed E-state index contributed by atoms with van der Waals surface area (Å²) in [5.41, 5.74) is 4.57. The summed E-state index contributed by atoms with van der Waals surface area (Å²) in [6.07, 6.45) is 3.37. The van der Waals surface area contributed by atoms with E-state index in [4.69, 9.17) is 19.8 Å². The molecule has 0 saturated carbocycles. The maximum atomic E-state index is 15.1. The number of ether oxygens (including phenoxy) is 1. The number of fused-ring (bicyclic) bond motifs is 4. The third-order valence-electron chi connectivity index (χ3n) is 11.6. The van der Waals surface area contributed by atoms with Crippen LogP contribution in [-0.4, -0.2) is 107 Å². The summed E-state index contributed by atoms with van der Waals surface area (Å²) in [4.78, 5) is 16.7. The number of benzene rings is 2. The Morgan fingerprint density at radius 2 is 1.93 bits per heavy atom. The summed E-state index contributed by atoms with van der Waals surface area (Å²) in [5.74, 6) is 0.454. The van der Waals surface area contributed by atoms with Gasteiger partial charge in [-0.15, -0.1) is 0 Å². The molecule has 16 heteroatoms. The van der Waals surface area contributed by atoms with Gasteiger partial charge in [0.15, 0.2) is 0 Å². The first kappa shape index (κ1) is 36.8. The Morgan fingerprint density at radius 1 is 1.07 bits per heavy atom. The number of halogens is 2. The number of phenolic OH excluding ortho intramolecular Hbond substituents is 1. The van der Waals surface area contributed by atoms with Crippen molar-refractivity contribution in [3.63, 3.8) is 0 Å². The largest absolute Gasteiger partial charge is 0.508 e. The monoisotopic (exact) mass is 765 g/mol. The van der Waals surface area contributed by atoms with Crippen LogP contribution in [0.2, 0.25) is 0 Å². The van der Waals surface area contributed by atoms with Gasteiger partial charge in [0.2, 0.25) is 10.0 Å². The molecule has 290 valence electrons. The minimum absolute atomic E-state index is 0.113. The molecular weight excluding hydrogens is 717 g/mol. The first-order valence-electron chi connectivity index (χ1n) is 19.0. The van der Waals surface area contributed by atoms with Gasteiger partial charge in [-0.1, -0.05) is 13.0 Å². The van der Waals surface area contributed by atoms with Crippen molar-refractivity contribution >= 4 is 32.3 Å². The zero-order chi connectivity index (χ0) is 37.8. The van der Waals surface area contributed by atoms with E-state index in [1.165, 1.54) is 24.5 Å². The SMILES string of the molecule is CCc1c(F)ccc2cc(O)cc(N3CCc4c(nc(OC[C@@]56CCCN5C[C@H](F)C6)nc4N4CCCn5nc(CNCS(=O)(=O)N(C)C)cc5C4)C3)c12. The number of rotatable bonds is 11. The fraction of sp³-hybridized carbons (Fsp3) is 0.553. The van der Waals surface area contributed by atoms with Crippen LogP contribution in [0.3, 0.4) is 0 Å². The lowest BCUT2D eigenvalue weighted by atomic mass is 9.95. The van der Waals surface area contributed by atoms with E-state index in [1.54, 1.807) is 18.2 Å². The topological polar surface area (TPSA) is 132 Å². The Labute approximate surface area is 315 Å². The first-order valence-corrected chi connectivity index (χ1v) is 20.6. The fourth-order valence-corrected chi connectivity index (χ4v) is 9.48. The molecule has 0 unspecified atom stereocenters. The number of alkyl halides is 1. The van der Waals surface area contributed by atoms with E-state index in [0.717, 1.165) is 77.3 Å². The van der Waals surface area contributed by atoms with Crippen LogP contribution in [0.5, 0.6) is 11.8 Å². The zero-order valence-electron chi connectivity index (χ0n) is 31.2. The van der Waals surface area contributed by atoms with Crippen molar-refractivity contribution in [3.05, 3.63) is 64.4 Å². The molecule has 2 fully saturated rings. The third kappa shape index (κ3) is 6.97. The molecule has 8 rings (SSSR count). The van der Waals surface area contributed by atoms with Crippen LogP contribution >= 0.6 is 0 Å². The minimum Gasteiger partial charge on any atom is -0.508 e. The van der Waals surface area contributed by atoms with Gasteiger partial charge in [-0.2, -0.15) is 15.1 Å². The van der Waals surface area contributed by atoms with Crippen LogP contribution in [0.1, 0.15) is 60.8 Å². The number of nitrogens with one attached hydrogen (secondary N) is 1. The molecule has 0 spiro atoms. The lowest BCUT2D eigenvalue weighted by molar-refractivity contribution is 0.107. The van der Waals surface area contributed by atoms with Crippen molar-refractivity contribution in [3.8, 4) is 11.8 Å². The Morgan fingerprint density at radius 3 is 2.74 bits per heavy atom. The highest BCUT2D eigenvalue weighted by Gasteiger charge is 2.49. The highest BCUT2D eigenvalue weighted by Crippen LogP contribution is 2.42. The van der Waals surface area contributed by atoms with E-state index in [9.17, 15) is 17.9 Å². The molecule has 4 aromatic rings. The average Bonchev–Trinajstić information content (AvgIpc) is 3.76. The number of aromatic hydroxyl groups is 1. The molecule has 13 nitrogen and oxygen atoms in total. The Hall–Kier alpha value is -4.12. The van der Waals surface area contributed by atoms with Gasteiger partial charge in [-0.3, -0.25) is 14.9 Å². The number of aromatic nitrogens is 4. The van der Waals surface area contributed by atoms with Crippen molar-refractivity contribution in [1.82, 2.24) is 34.3 Å². The normalized spacial score (nSPS) is 21.8. The quantitative estimate of drug-likeness (QED) is 0.229. The van der Waals surface area contributed by atoms with Gasteiger partial charge in [0.25, 0.3) is 0 Å².